The number of hydrogen-bond acceptors (Lipinski definition) is 8. The number of amides is 5. The van der Waals surface area contributed by atoms with Crippen molar-refractivity contribution in [1.82, 2.24) is 31.2 Å². The summed E-state index contributed by atoms with van der Waals surface area (Å²) in [5, 5.41) is 13.7. The average Bonchev–Trinajstić information content (AvgIpc) is 3.68. The van der Waals surface area contributed by atoms with E-state index in [2.05, 4.69) is 26.3 Å². The van der Waals surface area contributed by atoms with E-state index >= 15 is 0 Å². The van der Waals surface area contributed by atoms with Gasteiger partial charge in [0.25, 0.3) is 0 Å². The second kappa shape index (κ2) is 21.1. The quantitative estimate of drug-likeness (QED) is 0.0686. The van der Waals surface area contributed by atoms with Crippen LogP contribution in [0.1, 0.15) is 55.5 Å². The van der Waals surface area contributed by atoms with Crippen molar-refractivity contribution in [2.75, 3.05) is 14.1 Å². The number of rotatable bonds is 17. The zero-order valence-corrected chi connectivity index (χ0v) is 36.6. The molecule has 14 nitrogen and oxygen atoms in total. The summed E-state index contributed by atoms with van der Waals surface area (Å²) in [5.74, 6) is -3.61. The second-order valence-electron chi connectivity index (χ2n) is 16.7. The fraction of sp³-hybridized carbons (Fsp3) is 0.280. The topological polar surface area (TPSA) is 188 Å². The average molecular weight is 867 g/mol. The van der Waals surface area contributed by atoms with Gasteiger partial charge in [0.2, 0.25) is 23.6 Å². The lowest BCUT2D eigenvalue weighted by atomic mass is 9.97. The Kier molecular flexibility index (Phi) is 15.1. The molecule has 0 saturated carbocycles. The number of hydrogen-bond donors (Lipinski definition) is 5. The first kappa shape index (κ1) is 46.0. The predicted octanol–water partition coefficient (Wildman–Crippen LogP) is 6.05. The number of esters is 1. The van der Waals surface area contributed by atoms with E-state index in [1.54, 1.807) is 95.7 Å². The van der Waals surface area contributed by atoms with Crippen LogP contribution in [0.2, 0.25) is 0 Å². The smallest absolute Gasteiger partial charge is 0.408 e. The summed E-state index contributed by atoms with van der Waals surface area (Å²) < 4.78 is 11.1. The maximum atomic E-state index is 14.6. The van der Waals surface area contributed by atoms with Crippen LogP contribution in [-0.2, 0) is 52.9 Å². The Bertz CT molecular complexity index is 2580. The summed E-state index contributed by atoms with van der Waals surface area (Å²) in [4.78, 5) is 88.3. The van der Waals surface area contributed by atoms with Crippen LogP contribution in [0.5, 0.6) is 0 Å². The molecule has 332 valence electrons. The fourth-order valence-corrected chi connectivity index (χ4v) is 7.27. The van der Waals surface area contributed by atoms with E-state index in [9.17, 15) is 28.8 Å². The molecule has 1 heterocycles. The molecule has 5 N–H and O–H groups in total. The molecule has 0 unspecified atom stereocenters. The van der Waals surface area contributed by atoms with Gasteiger partial charge in [-0.2, -0.15) is 0 Å². The molecular formula is C50H54N6O8. The molecule has 0 aliphatic heterocycles. The van der Waals surface area contributed by atoms with E-state index in [1.807, 2.05) is 72.8 Å². The lowest BCUT2D eigenvalue weighted by Crippen LogP contribution is -2.57. The van der Waals surface area contributed by atoms with Gasteiger partial charge >= 0.3 is 12.1 Å². The standard InChI is InChI=1S/C50H54N6O8/c1-50(2,3)64-49(62)54-40(28-36-30-51-39-26-15-14-25-38(36)39)46(59)55-44(34-20-10-7-11-21-34)47(60)52-41(29-43(57)63-31-32-17-8-6-9-18-32)45(58)53-42(48(61)56(4)5)27-35-23-16-22-33-19-12-13-24-37(33)35/h6-26,30,40-42,44,51H,27-29,31H2,1-5H3,(H,52,60)(H,53,58)(H,54,62)(H,55,59)/t40-,41-,42-,44-/m0/s1. The van der Waals surface area contributed by atoms with Gasteiger partial charge in [0, 0.05) is 44.0 Å². The van der Waals surface area contributed by atoms with Crippen molar-refractivity contribution >= 4 is 57.4 Å². The zero-order chi connectivity index (χ0) is 45.8. The Morgan fingerprint density at radius 2 is 1.20 bits per heavy atom. The largest absolute Gasteiger partial charge is 0.461 e. The molecule has 0 radical (unpaired) electrons. The summed E-state index contributed by atoms with van der Waals surface area (Å²) >= 11 is 0. The molecule has 0 fully saturated rings. The van der Waals surface area contributed by atoms with E-state index in [-0.39, 0.29) is 19.4 Å². The molecule has 0 aliphatic carbocycles. The predicted molar refractivity (Wildman–Crippen MR) is 244 cm³/mol. The minimum Gasteiger partial charge on any atom is -0.461 e. The minimum absolute atomic E-state index is 0.0223. The van der Waals surface area contributed by atoms with E-state index in [0.29, 0.717) is 11.1 Å². The molecule has 6 aromatic rings. The number of H-pyrrole nitrogens is 1. The second-order valence-corrected chi connectivity index (χ2v) is 16.7. The molecule has 0 bridgehead atoms. The van der Waals surface area contributed by atoms with Gasteiger partial charge in [-0.3, -0.25) is 24.0 Å². The fourth-order valence-electron chi connectivity index (χ4n) is 7.27. The normalized spacial score (nSPS) is 13.1. The number of alkyl carbamates (subject to hydrolysis) is 1. The van der Waals surface area contributed by atoms with Crippen LogP contribution in [0.25, 0.3) is 21.7 Å². The number of aromatic amines is 1. The Balaban J connectivity index is 1.29. The van der Waals surface area contributed by atoms with E-state index in [4.69, 9.17) is 9.47 Å². The van der Waals surface area contributed by atoms with Crippen molar-refractivity contribution in [2.24, 2.45) is 0 Å². The molecule has 4 atom stereocenters. The number of fused-ring (bicyclic) bond motifs is 2. The molecule has 0 saturated heterocycles. The summed E-state index contributed by atoms with van der Waals surface area (Å²) in [6.07, 6.45) is 0.422. The van der Waals surface area contributed by atoms with Crippen molar-refractivity contribution in [3.05, 3.63) is 156 Å². The number of nitrogens with zero attached hydrogens (tertiary/aromatic N) is 1. The van der Waals surface area contributed by atoms with Crippen molar-refractivity contribution in [3.63, 3.8) is 0 Å². The van der Waals surface area contributed by atoms with Crippen LogP contribution in [0.4, 0.5) is 4.79 Å². The molecule has 64 heavy (non-hydrogen) atoms. The van der Waals surface area contributed by atoms with Gasteiger partial charge < -0.3 is 40.6 Å². The van der Waals surface area contributed by atoms with Gasteiger partial charge in [-0.15, -0.1) is 0 Å². The number of likely N-dealkylation sites (N-methyl/N-ethyl adjacent to an activating group) is 1. The van der Waals surface area contributed by atoms with Crippen LogP contribution in [0, 0.1) is 0 Å². The Morgan fingerprint density at radius 3 is 1.91 bits per heavy atom. The minimum atomic E-state index is -1.56. The van der Waals surface area contributed by atoms with Crippen LogP contribution < -0.4 is 21.3 Å². The summed E-state index contributed by atoms with van der Waals surface area (Å²) in [6, 6.07) is 32.9. The monoisotopic (exact) mass is 866 g/mol. The number of carbonyl (C=O) groups is 6. The lowest BCUT2D eigenvalue weighted by Gasteiger charge is -2.28. The maximum Gasteiger partial charge on any atom is 0.408 e. The van der Waals surface area contributed by atoms with E-state index in [0.717, 1.165) is 32.8 Å². The first-order valence-corrected chi connectivity index (χ1v) is 21.0. The third-order valence-corrected chi connectivity index (χ3v) is 10.4. The zero-order valence-electron chi connectivity index (χ0n) is 36.6. The first-order valence-electron chi connectivity index (χ1n) is 21.0. The molecule has 14 heteroatoms. The van der Waals surface area contributed by atoms with Crippen LogP contribution in [-0.4, -0.2) is 83.4 Å². The van der Waals surface area contributed by atoms with Crippen LogP contribution in [0.3, 0.4) is 0 Å². The van der Waals surface area contributed by atoms with Gasteiger partial charge in [-0.25, -0.2) is 4.79 Å². The molecule has 1 aromatic heterocycles. The van der Waals surface area contributed by atoms with E-state index in [1.165, 1.54) is 4.90 Å². The van der Waals surface area contributed by atoms with Crippen LogP contribution in [0.15, 0.2) is 134 Å². The van der Waals surface area contributed by atoms with Crippen molar-refractivity contribution in [1.29, 1.82) is 0 Å². The molecular weight excluding hydrogens is 813 g/mol. The molecule has 6 rings (SSSR count). The number of benzene rings is 5. The number of ether oxygens (including phenoxy) is 2. The number of nitrogens with one attached hydrogen (secondary N) is 5. The Morgan fingerprint density at radius 1 is 0.609 bits per heavy atom. The Hall–Kier alpha value is -7.48. The molecule has 5 aromatic carbocycles. The third-order valence-electron chi connectivity index (χ3n) is 10.4. The van der Waals surface area contributed by atoms with Gasteiger partial charge in [0.1, 0.15) is 36.4 Å². The summed E-state index contributed by atoms with van der Waals surface area (Å²) in [6.45, 7) is 5.01. The summed E-state index contributed by atoms with van der Waals surface area (Å²) in [7, 11) is 3.14. The van der Waals surface area contributed by atoms with Gasteiger partial charge in [-0.05, 0) is 59.9 Å². The van der Waals surface area contributed by atoms with Crippen molar-refractivity contribution in [2.45, 2.75) is 76.4 Å². The molecule has 0 spiro atoms. The van der Waals surface area contributed by atoms with Crippen LogP contribution >= 0.6 is 0 Å². The number of para-hydroxylation sites is 1. The number of aromatic nitrogens is 1. The lowest BCUT2D eigenvalue weighted by molar-refractivity contribution is -0.147. The van der Waals surface area contributed by atoms with Gasteiger partial charge in [0.05, 0.1) is 6.42 Å². The van der Waals surface area contributed by atoms with Crippen molar-refractivity contribution in [3.8, 4) is 0 Å². The molecule has 5 amide bonds. The summed E-state index contributed by atoms with van der Waals surface area (Å²) in [5.41, 5.74) is 2.54. The van der Waals surface area contributed by atoms with Gasteiger partial charge in [0.15, 0.2) is 0 Å². The van der Waals surface area contributed by atoms with Gasteiger partial charge in [-0.1, -0.05) is 121 Å². The maximum absolute atomic E-state index is 14.6. The molecule has 0 aliphatic rings. The highest BCUT2D eigenvalue weighted by molar-refractivity contribution is 5.98. The highest BCUT2D eigenvalue weighted by Gasteiger charge is 2.35. The van der Waals surface area contributed by atoms with Crippen molar-refractivity contribution < 1.29 is 38.2 Å². The first-order chi connectivity index (χ1) is 30.6. The highest BCUT2D eigenvalue weighted by Crippen LogP contribution is 2.23. The third kappa shape index (κ3) is 12.6. The number of carbonyl (C=O) groups excluding carboxylic acids is 6. The Labute approximate surface area is 372 Å². The highest BCUT2D eigenvalue weighted by atomic mass is 16.6. The SMILES string of the molecule is CN(C)C(=O)[C@H](Cc1cccc2ccccc12)NC(=O)[C@H](CC(=O)OCc1ccccc1)NC(=O)[C@@H](NC(=O)[C@H](Cc1c[nH]c2ccccc12)NC(=O)OC(C)(C)C)c1ccccc1. The van der Waals surface area contributed by atoms with E-state index < -0.39 is 71.9 Å².